The minimum Gasteiger partial charge on any atom is -0.495 e. The van der Waals surface area contributed by atoms with Crippen LogP contribution in [0.2, 0.25) is 5.02 Å². The van der Waals surface area contributed by atoms with Crippen molar-refractivity contribution in [1.29, 1.82) is 0 Å². The van der Waals surface area contributed by atoms with Crippen molar-refractivity contribution in [2.45, 2.75) is 6.92 Å². The maximum absolute atomic E-state index is 11.4. The van der Waals surface area contributed by atoms with Crippen LogP contribution in [0.5, 0.6) is 5.75 Å². The third kappa shape index (κ3) is 4.32. The number of carbonyl (C=O) groups is 2. The molecule has 0 saturated heterocycles. The second kappa shape index (κ2) is 6.10. The summed E-state index contributed by atoms with van der Waals surface area (Å²) < 4.78 is 4.98. The van der Waals surface area contributed by atoms with Crippen molar-refractivity contribution in [3.05, 3.63) is 23.2 Å². The molecule has 2 N–H and O–H groups in total. The Morgan fingerprint density at radius 2 is 2.12 bits per heavy atom. The van der Waals surface area contributed by atoms with Gasteiger partial charge in [-0.25, -0.2) is 0 Å². The first-order valence-corrected chi connectivity index (χ1v) is 5.28. The Morgan fingerprint density at radius 3 is 2.65 bits per heavy atom. The van der Waals surface area contributed by atoms with Crippen LogP contribution in [0.25, 0.3) is 0 Å². The molecule has 1 aromatic carbocycles. The van der Waals surface area contributed by atoms with E-state index in [2.05, 4.69) is 10.6 Å². The fraction of sp³-hybridized carbons (Fsp3) is 0.273. The van der Waals surface area contributed by atoms with Crippen LogP contribution in [0.3, 0.4) is 0 Å². The summed E-state index contributed by atoms with van der Waals surface area (Å²) in [5.41, 5.74) is 0.547. The SMILES string of the molecule is COc1ccc(NC(=O)CNC(C)=O)cc1Cl. The van der Waals surface area contributed by atoms with Gasteiger partial charge in [0.15, 0.2) is 0 Å². The van der Waals surface area contributed by atoms with Crippen LogP contribution in [0, 0.1) is 0 Å². The fourth-order valence-corrected chi connectivity index (χ4v) is 1.41. The number of nitrogens with one attached hydrogen (secondary N) is 2. The van der Waals surface area contributed by atoms with Gasteiger partial charge in [-0.3, -0.25) is 9.59 Å². The van der Waals surface area contributed by atoms with Crippen LogP contribution in [0.15, 0.2) is 18.2 Å². The highest BCUT2D eigenvalue weighted by Crippen LogP contribution is 2.26. The van der Waals surface area contributed by atoms with Crippen molar-refractivity contribution in [2.24, 2.45) is 0 Å². The summed E-state index contributed by atoms with van der Waals surface area (Å²) in [5.74, 6) is -0.0409. The number of rotatable bonds is 4. The minimum absolute atomic E-state index is 0.0705. The third-order valence-electron chi connectivity index (χ3n) is 1.93. The van der Waals surface area contributed by atoms with E-state index in [0.717, 1.165) is 0 Å². The zero-order valence-corrected chi connectivity index (χ0v) is 10.3. The van der Waals surface area contributed by atoms with Crippen molar-refractivity contribution in [2.75, 3.05) is 19.0 Å². The van der Waals surface area contributed by atoms with Gasteiger partial charge in [0.2, 0.25) is 11.8 Å². The van der Waals surface area contributed by atoms with E-state index in [1.807, 2.05) is 0 Å². The predicted octanol–water partition coefficient (Wildman–Crippen LogP) is 1.42. The second-order valence-corrected chi connectivity index (χ2v) is 3.71. The van der Waals surface area contributed by atoms with E-state index < -0.39 is 0 Å². The number of benzene rings is 1. The van der Waals surface area contributed by atoms with E-state index in [9.17, 15) is 9.59 Å². The molecule has 5 nitrogen and oxygen atoms in total. The number of carbonyl (C=O) groups excluding carboxylic acids is 2. The lowest BCUT2D eigenvalue weighted by atomic mass is 10.3. The van der Waals surface area contributed by atoms with Crippen molar-refractivity contribution < 1.29 is 14.3 Å². The predicted molar refractivity (Wildman–Crippen MR) is 65.3 cm³/mol. The molecule has 0 radical (unpaired) electrons. The van der Waals surface area contributed by atoms with Gasteiger partial charge in [-0.05, 0) is 18.2 Å². The van der Waals surface area contributed by atoms with E-state index in [1.165, 1.54) is 14.0 Å². The van der Waals surface area contributed by atoms with Crippen molar-refractivity contribution in [3.8, 4) is 5.75 Å². The molecule has 17 heavy (non-hydrogen) atoms. The Labute approximate surface area is 104 Å². The molecule has 0 atom stereocenters. The Bertz CT molecular complexity index is 435. The first kappa shape index (κ1) is 13.3. The summed E-state index contributed by atoms with van der Waals surface area (Å²) in [6.07, 6.45) is 0. The molecule has 0 saturated carbocycles. The zero-order chi connectivity index (χ0) is 12.8. The van der Waals surface area contributed by atoms with Crippen molar-refractivity contribution in [1.82, 2.24) is 5.32 Å². The molecule has 0 spiro atoms. The van der Waals surface area contributed by atoms with Crippen molar-refractivity contribution in [3.63, 3.8) is 0 Å². The molecule has 0 aromatic heterocycles. The van der Waals surface area contributed by atoms with Gasteiger partial charge in [-0.15, -0.1) is 0 Å². The van der Waals surface area contributed by atoms with Gasteiger partial charge < -0.3 is 15.4 Å². The molecule has 1 rings (SSSR count). The van der Waals surface area contributed by atoms with Gasteiger partial charge in [0.25, 0.3) is 0 Å². The molecule has 0 unspecified atom stereocenters. The number of ether oxygens (including phenoxy) is 1. The van der Waals surface area contributed by atoms with Crippen molar-refractivity contribution >= 4 is 29.1 Å². The van der Waals surface area contributed by atoms with Gasteiger partial charge in [-0.1, -0.05) is 11.6 Å². The maximum atomic E-state index is 11.4. The highest BCUT2D eigenvalue weighted by atomic mass is 35.5. The smallest absolute Gasteiger partial charge is 0.243 e. The maximum Gasteiger partial charge on any atom is 0.243 e. The summed E-state index contributed by atoms with van der Waals surface area (Å²) >= 11 is 5.89. The van der Waals surface area contributed by atoms with E-state index in [0.29, 0.717) is 16.5 Å². The molecule has 0 aliphatic rings. The summed E-state index contributed by atoms with van der Waals surface area (Å²) in [6, 6.07) is 4.89. The van der Waals surface area contributed by atoms with E-state index in [-0.39, 0.29) is 18.4 Å². The second-order valence-electron chi connectivity index (χ2n) is 3.31. The van der Waals surface area contributed by atoms with Crippen LogP contribution in [0.4, 0.5) is 5.69 Å². The number of amides is 2. The Morgan fingerprint density at radius 1 is 1.41 bits per heavy atom. The zero-order valence-electron chi connectivity index (χ0n) is 9.54. The number of hydrogen-bond donors (Lipinski definition) is 2. The summed E-state index contributed by atoms with van der Waals surface area (Å²) in [5, 5.41) is 5.40. The van der Waals surface area contributed by atoms with Crippen LogP contribution in [-0.2, 0) is 9.59 Å². The Kier molecular flexibility index (Phi) is 4.78. The van der Waals surface area contributed by atoms with Crippen LogP contribution in [0.1, 0.15) is 6.92 Å². The normalized spacial score (nSPS) is 9.59. The van der Waals surface area contributed by atoms with E-state index >= 15 is 0 Å². The van der Waals surface area contributed by atoms with Gasteiger partial charge in [-0.2, -0.15) is 0 Å². The van der Waals surface area contributed by atoms with Gasteiger partial charge >= 0.3 is 0 Å². The standard InChI is InChI=1S/C11H13ClN2O3/c1-7(15)13-6-11(16)14-8-3-4-10(17-2)9(12)5-8/h3-5H,6H2,1-2H3,(H,13,15)(H,14,16). The lowest BCUT2D eigenvalue weighted by Gasteiger charge is -2.08. The summed E-state index contributed by atoms with van der Waals surface area (Å²) in [6.45, 7) is 1.27. The average molecular weight is 257 g/mol. The number of methoxy groups -OCH3 is 1. The topological polar surface area (TPSA) is 67.4 Å². The Balaban J connectivity index is 2.60. The molecule has 0 aliphatic heterocycles. The number of anilines is 1. The number of halogens is 1. The quantitative estimate of drug-likeness (QED) is 0.856. The largest absolute Gasteiger partial charge is 0.495 e. The van der Waals surface area contributed by atoms with Gasteiger partial charge in [0.05, 0.1) is 18.7 Å². The minimum atomic E-state index is -0.318. The van der Waals surface area contributed by atoms with Crippen LogP contribution < -0.4 is 15.4 Å². The van der Waals surface area contributed by atoms with Crippen LogP contribution in [-0.4, -0.2) is 25.5 Å². The highest BCUT2D eigenvalue weighted by Gasteiger charge is 2.05. The van der Waals surface area contributed by atoms with E-state index in [1.54, 1.807) is 18.2 Å². The first-order chi connectivity index (χ1) is 8.02. The molecule has 1 aromatic rings. The molecular weight excluding hydrogens is 244 g/mol. The Hall–Kier alpha value is -1.75. The summed E-state index contributed by atoms with van der Waals surface area (Å²) in [7, 11) is 1.51. The van der Waals surface area contributed by atoms with Crippen LogP contribution >= 0.6 is 11.6 Å². The molecule has 6 heteroatoms. The molecule has 0 aliphatic carbocycles. The lowest BCUT2D eigenvalue weighted by Crippen LogP contribution is -2.31. The fourth-order valence-electron chi connectivity index (χ4n) is 1.15. The highest BCUT2D eigenvalue weighted by molar-refractivity contribution is 6.32. The molecule has 2 amide bonds. The monoisotopic (exact) mass is 256 g/mol. The third-order valence-corrected chi connectivity index (χ3v) is 2.23. The van der Waals surface area contributed by atoms with Gasteiger partial charge in [0.1, 0.15) is 5.75 Å². The van der Waals surface area contributed by atoms with Gasteiger partial charge in [0, 0.05) is 12.6 Å². The molecule has 92 valence electrons. The first-order valence-electron chi connectivity index (χ1n) is 4.90. The number of hydrogen-bond acceptors (Lipinski definition) is 3. The molecule has 0 fully saturated rings. The lowest BCUT2D eigenvalue weighted by molar-refractivity contribution is -0.122. The molecule has 0 heterocycles. The summed E-state index contributed by atoms with van der Waals surface area (Å²) in [4.78, 5) is 22.0. The van der Waals surface area contributed by atoms with E-state index in [4.69, 9.17) is 16.3 Å². The average Bonchev–Trinajstić information content (AvgIpc) is 2.26. The molecular formula is C11H13ClN2O3. The molecule has 0 bridgehead atoms.